The third-order valence-electron chi connectivity index (χ3n) is 2.66. The fraction of sp³-hybridized carbons (Fsp3) is 0.533. The largest absolute Gasteiger partial charge is 0.483 e. The summed E-state index contributed by atoms with van der Waals surface area (Å²) in [6.45, 7) is 5.91. The number of rotatable bonds is 9. The van der Waals surface area contributed by atoms with Crippen LogP contribution in [0.3, 0.4) is 0 Å². The fourth-order valence-electron chi connectivity index (χ4n) is 1.59. The van der Waals surface area contributed by atoms with Crippen molar-refractivity contribution in [3.8, 4) is 5.75 Å². The predicted molar refractivity (Wildman–Crippen MR) is 78.8 cm³/mol. The van der Waals surface area contributed by atoms with E-state index in [4.69, 9.17) is 9.47 Å². The number of carbonyl (C=O) groups excluding carboxylic acids is 1. The maximum Gasteiger partial charge on any atom is 0.258 e. The average Bonchev–Trinajstić information content (AvgIpc) is 2.44. The Labute approximate surface area is 120 Å². The molecule has 1 aromatic carbocycles. The highest BCUT2D eigenvalue weighted by atomic mass is 16.5. The van der Waals surface area contributed by atoms with E-state index in [1.54, 1.807) is 7.11 Å². The Bertz CT molecular complexity index is 408. The SMILES string of the molecule is COCCNC(=O)COc1ccccc1CNC(C)C. The second kappa shape index (κ2) is 9.34. The summed E-state index contributed by atoms with van der Waals surface area (Å²) in [6, 6.07) is 8.13. The van der Waals surface area contributed by atoms with Crippen molar-refractivity contribution in [3.05, 3.63) is 29.8 Å². The number of carbonyl (C=O) groups is 1. The van der Waals surface area contributed by atoms with Gasteiger partial charge in [-0.25, -0.2) is 0 Å². The lowest BCUT2D eigenvalue weighted by molar-refractivity contribution is -0.123. The molecule has 5 nitrogen and oxygen atoms in total. The third kappa shape index (κ3) is 6.54. The first-order chi connectivity index (χ1) is 9.63. The molecule has 0 radical (unpaired) electrons. The summed E-state index contributed by atoms with van der Waals surface area (Å²) < 4.78 is 10.4. The van der Waals surface area contributed by atoms with Crippen LogP contribution in [0, 0.1) is 0 Å². The Morgan fingerprint density at radius 2 is 2.05 bits per heavy atom. The van der Waals surface area contributed by atoms with E-state index in [0.29, 0.717) is 19.2 Å². The van der Waals surface area contributed by atoms with Gasteiger partial charge in [-0.15, -0.1) is 0 Å². The Morgan fingerprint density at radius 1 is 1.30 bits per heavy atom. The van der Waals surface area contributed by atoms with Gasteiger partial charge in [0, 0.05) is 31.8 Å². The molecule has 112 valence electrons. The summed E-state index contributed by atoms with van der Waals surface area (Å²) in [5.74, 6) is 0.594. The average molecular weight is 280 g/mol. The van der Waals surface area contributed by atoms with Gasteiger partial charge in [-0.05, 0) is 6.07 Å². The van der Waals surface area contributed by atoms with E-state index in [9.17, 15) is 4.79 Å². The first kappa shape index (κ1) is 16.5. The van der Waals surface area contributed by atoms with Crippen molar-refractivity contribution in [1.29, 1.82) is 0 Å². The summed E-state index contributed by atoms with van der Waals surface area (Å²) in [6.07, 6.45) is 0. The van der Waals surface area contributed by atoms with Gasteiger partial charge in [-0.3, -0.25) is 4.79 Å². The number of methoxy groups -OCH3 is 1. The van der Waals surface area contributed by atoms with Crippen LogP contribution in [0.25, 0.3) is 0 Å². The lowest BCUT2D eigenvalue weighted by Gasteiger charge is -2.13. The summed E-state index contributed by atoms with van der Waals surface area (Å²) in [5.41, 5.74) is 1.05. The number of nitrogens with one attached hydrogen (secondary N) is 2. The van der Waals surface area contributed by atoms with Crippen LogP contribution in [-0.4, -0.2) is 38.8 Å². The molecule has 0 aromatic heterocycles. The second-order valence-corrected chi connectivity index (χ2v) is 4.77. The Balaban J connectivity index is 2.44. The lowest BCUT2D eigenvalue weighted by Crippen LogP contribution is -2.31. The Hall–Kier alpha value is -1.59. The molecule has 0 heterocycles. The Morgan fingerprint density at radius 3 is 2.75 bits per heavy atom. The number of hydrogen-bond acceptors (Lipinski definition) is 4. The number of amides is 1. The van der Waals surface area contributed by atoms with Crippen LogP contribution < -0.4 is 15.4 Å². The number of para-hydroxylation sites is 1. The molecular weight excluding hydrogens is 256 g/mol. The molecule has 1 rings (SSSR count). The van der Waals surface area contributed by atoms with Gasteiger partial charge in [0.1, 0.15) is 5.75 Å². The summed E-state index contributed by atoms with van der Waals surface area (Å²) >= 11 is 0. The van der Waals surface area contributed by atoms with Crippen molar-refractivity contribution in [1.82, 2.24) is 10.6 Å². The van der Waals surface area contributed by atoms with Gasteiger partial charge in [-0.1, -0.05) is 32.0 Å². The molecule has 0 atom stereocenters. The minimum Gasteiger partial charge on any atom is -0.483 e. The molecule has 5 heteroatoms. The van der Waals surface area contributed by atoms with Crippen LogP contribution in [0.1, 0.15) is 19.4 Å². The first-order valence-electron chi connectivity index (χ1n) is 6.83. The molecule has 1 aromatic rings. The van der Waals surface area contributed by atoms with Gasteiger partial charge in [0.2, 0.25) is 0 Å². The van der Waals surface area contributed by atoms with Crippen LogP contribution in [0.5, 0.6) is 5.75 Å². The number of hydrogen-bond donors (Lipinski definition) is 2. The minimum absolute atomic E-state index is 0.0163. The Kier molecular flexibility index (Phi) is 7.69. The molecule has 0 aliphatic carbocycles. The molecular formula is C15H24N2O3. The molecule has 0 bridgehead atoms. The normalized spacial score (nSPS) is 10.6. The maximum absolute atomic E-state index is 11.6. The van der Waals surface area contributed by atoms with Gasteiger partial charge in [0.05, 0.1) is 6.61 Å². The molecule has 0 aliphatic rings. The molecule has 0 saturated carbocycles. The lowest BCUT2D eigenvalue weighted by atomic mass is 10.2. The number of benzene rings is 1. The molecule has 1 amide bonds. The van der Waals surface area contributed by atoms with Gasteiger partial charge < -0.3 is 20.1 Å². The van der Waals surface area contributed by atoms with Crippen LogP contribution >= 0.6 is 0 Å². The van der Waals surface area contributed by atoms with Crippen molar-refractivity contribution in [2.45, 2.75) is 26.4 Å². The highest BCUT2D eigenvalue weighted by molar-refractivity contribution is 5.77. The third-order valence-corrected chi connectivity index (χ3v) is 2.66. The summed E-state index contributed by atoms with van der Waals surface area (Å²) in [5, 5.41) is 6.05. The zero-order valence-electron chi connectivity index (χ0n) is 12.4. The van der Waals surface area contributed by atoms with E-state index >= 15 is 0 Å². The summed E-state index contributed by atoms with van der Waals surface area (Å²) in [4.78, 5) is 11.6. The molecule has 20 heavy (non-hydrogen) atoms. The van der Waals surface area contributed by atoms with Crippen molar-refractivity contribution >= 4 is 5.91 Å². The second-order valence-electron chi connectivity index (χ2n) is 4.77. The fourth-order valence-corrected chi connectivity index (χ4v) is 1.59. The van der Waals surface area contributed by atoms with E-state index in [0.717, 1.165) is 17.9 Å². The van der Waals surface area contributed by atoms with Crippen molar-refractivity contribution in [3.63, 3.8) is 0 Å². The van der Waals surface area contributed by atoms with Crippen molar-refractivity contribution in [2.24, 2.45) is 0 Å². The quantitative estimate of drug-likeness (QED) is 0.670. The monoisotopic (exact) mass is 280 g/mol. The highest BCUT2D eigenvalue weighted by Gasteiger charge is 2.06. The van der Waals surface area contributed by atoms with Gasteiger partial charge >= 0.3 is 0 Å². The van der Waals surface area contributed by atoms with Crippen LogP contribution in [0.4, 0.5) is 0 Å². The smallest absolute Gasteiger partial charge is 0.258 e. The van der Waals surface area contributed by atoms with E-state index in [1.165, 1.54) is 0 Å². The molecule has 0 aliphatic heterocycles. The van der Waals surface area contributed by atoms with E-state index in [-0.39, 0.29) is 12.5 Å². The first-order valence-corrected chi connectivity index (χ1v) is 6.83. The molecule has 2 N–H and O–H groups in total. The zero-order chi connectivity index (χ0) is 14.8. The summed E-state index contributed by atoms with van der Waals surface area (Å²) in [7, 11) is 1.60. The van der Waals surface area contributed by atoms with Gasteiger partial charge in [0.15, 0.2) is 6.61 Å². The molecule has 0 saturated heterocycles. The van der Waals surface area contributed by atoms with Gasteiger partial charge in [-0.2, -0.15) is 0 Å². The van der Waals surface area contributed by atoms with E-state index in [1.807, 2.05) is 24.3 Å². The van der Waals surface area contributed by atoms with Crippen LogP contribution in [0.2, 0.25) is 0 Å². The highest BCUT2D eigenvalue weighted by Crippen LogP contribution is 2.17. The topological polar surface area (TPSA) is 59.6 Å². The molecule has 0 spiro atoms. The molecule has 0 unspecified atom stereocenters. The van der Waals surface area contributed by atoms with Crippen molar-refractivity contribution in [2.75, 3.05) is 26.9 Å². The van der Waals surface area contributed by atoms with E-state index in [2.05, 4.69) is 24.5 Å². The van der Waals surface area contributed by atoms with Crippen LogP contribution in [-0.2, 0) is 16.1 Å². The van der Waals surface area contributed by atoms with Crippen molar-refractivity contribution < 1.29 is 14.3 Å². The zero-order valence-corrected chi connectivity index (χ0v) is 12.4. The molecule has 0 fully saturated rings. The van der Waals surface area contributed by atoms with Gasteiger partial charge in [0.25, 0.3) is 5.91 Å². The van der Waals surface area contributed by atoms with Crippen LogP contribution in [0.15, 0.2) is 24.3 Å². The minimum atomic E-state index is -0.145. The number of ether oxygens (including phenoxy) is 2. The predicted octanol–water partition coefficient (Wildman–Crippen LogP) is 1.33. The van der Waals surface area contributed by atoms with E-state index < -0.39 is 0 Å². The standard InChI is InChI=1S/C15H24N2O3/c1-12(2)17-10-13-6-4-5-7-14(13)20-11-15(18)16-8-9-19-3/h4-7,12,17H,8-11H2,1-3H3,(H,16,18). The maximum atomic E-state index is 11.6.